The minimum Gasteiger partial charge on any atom is -0.480 e. The zero-order valence-electron chi connectivity index (χ0n) is 13.7. The minimum absolute atomic E-state index is 0.00907. The zero-order chi connectivity index (χ0) is 18.0. The van der Waals surface area contributed by atoms with Crippen molar-refractivity contribution >= 4 is 29.1 Å². The first-order valence-corrected chi connectivity index (χ1v) is 8.74. The number of piperazine rings is 1. The summed E-state index contributed by atoms with van der Waals surface area (Å²) >= 11 is 1.41. The Balaban J connectivity index is 1.60. The summed E-state index contributed by atoms with van der Waals surface area (Å²) in [7, 11) is 0. The second-order valence-electron chi connectivity index (χ2n) is 5.78. The first-order chi connectivity index (χ1) is 12.0. The van der Waals surface area contributed by atoms with E-state index in [0.29, 0.717) is 36.6 Å². The third kappa shape index (κ3) is 3.55. The molecule has 9 heteroatoms. The molecule has 1 unspecified atom stereocenters. The summed E-state index contributed by atoms with van der Waals surface area (Å²) in [5.74, 6) is -1.22. The number of carboxylic acids is 1. The second-order valence-corrected chi connectivity index (χ2v) is 6.73. The molecule has 132 valence electrons. The maximum absolute atomic E-state index is 12.5. The van der Waals surface area contributed by atoms with Crippen LogP contribution in [0.5, 0.6) is 0 Å². The van der Waals surface area contributed by atoms with Crippen molar-refractivity contribution in [3.05, 3.63) is 40.3 Å². The SMILES string of the molecule is CC(C(=O)O)n1cc(C(=O)N2CCN(C(=O)c3cccs3)CC2)cn1. The fourth-order valence-corrected chi connectivity index (χ4v) is 3.32. The van der Waals surface area contributed by atoms with Gasteiger partial charge in [0.2, 0.25) is 0 Å². The molecule has 2 aromatic rings. The standard InChI is InChI=1S/C16H18N4O4S/c1-11(16(23)24)20-10-12(9-17-20)14(21)18-4-6-19(7-5-18)15(22)13-3-2-8-25-13/h2-3,8-11H,4-7H2,1H3,(H,23,24). The quantitative estimate of drug-likeness (QED) is 0.881. The average Bonchev–Trinajstić information content (AvgIpc) is 3.31. The van der Waals surface area contributed by atoms with Gasteiger partial charge in [-0.05, 0) is 18.4 Å². The molecule has 0 spiro atoms. The largest absolute Gasteiger partial charge is 0.480 e. The maximum atomic E-state index is 12.5. The third-order valence-corrected chi connectivity index (χ3v) is 5.05. The van der Waals surface area contributed by atoms with E-state index in [2.05, 4.69) is 5.10 Å². The van der Waals surface area contributed by atoms with Gasteiger partial charge < -0.3 is 14.9 Å². The van der Waals surface area contributed by atoms with E-state index in [1.807, 2.05) is 11.4 Å². The molecular weight excluding hydrogens is 344 g/mol. The average molecular weight is 362 g/mol. The second kappa shape index (κ2) is 7.06. The summed E-state index contributed by atoms with van der Waals surface area (Å²) in [6.07, 6.45) is 2.83. The number of aliphatic carboxylic acids is 1. The Labute approximate surface area is 148 Å². The van der Waals surface area contributed by atoms with Crippen molar-refractivity contribution in [2.45, 2.75) is 13.0 Å². The van der Waals surface area contributed by atoms with E-state index in [1.54, 1.807) is 15.9 Å². The van der Waals surface area contributed by atoms with Crippen LogP contribution in [0.15, 0.2) is 29.9 Å². The van der Waals surface area contributed by atoms with Gasteiger partial charge in [0.15, 0.2) is 0 Å². The Morgan fingerprint density at radius 1 is 1.16 bits per heavy atom. The van der Waals surface area contributed by atoms with Crippen LogP contribution in [0.1, 0.15) is 33.0 Å². The highest BCUT2D eigenvalue weighted by molar-refractivity contribution is 7.12. The van der Waals surface area contributed by atoms with Gasteiger partial charge in [0.05, 0.1) is 16.6 Å². The summed E-state index contributed by atoms with van der Waals surface area (Å²) in [6.45, 7) is 3.33. The number of amides is 2. The number of hydrogen-bond acceptors (Lipinski definition) is 5. The van der Waals surface area contributed by atoms with Gasteiger partial charge in [-0.15, -0.1) is 11.3 Å². The molecule has 0 aromatic carbocycles. The molecule has 2 aromatic heterocycles. The number of thiophene rings is 1. The van der Waals surface area contributed by atoms with Crippen LogP contribution in [0.4, 0.5) is 0 Å². The summed E-state index contributed by atoms with van der Waals surface area (Å²) in [6, 6.07) is 2.80. The first-order valence-electron chi connectivity index (χ1n) is 7.86. The number of carboxylic acid groups (broad SMARTS) is 1. The van der Waals surface area contributed by atoms with Crippen molar-refractivity contribution in [2.24, 2.45) is 0 Å². The molecule has 0 aliphatic carbocycles. The molecule has 8 nitrogen and oxygen atoms in total. The van der Waals surface area contributed by atoms with Crippen molar-refractivity contribution in [3.8, 4) is 0 Å². The fourth-order valence-electron chi connectivity index (χ4n) is 2.62. The molecule has 3 heterocycles. The lowest BCUT2D eigenvalue weighted by molar-refractivity contribution is -0.140. The van der Waals surface area contributed by atoms with E-state index in [4.69, 9.17) is 5.11 Å². The van der Waals surface area contributed by atoms with E-state index in [-0.39, 0.29) is 11.8 Å². The molecule has 1 N–H and O–H groups in total. The Bertz CT molecular complexity index is 778. The van der Waals surface area contributed by atoms with Gasteiger partial charge in [-0.1, -0.05) is 6.07 Å². The zero-order valence-corrected chi connectivity index (χ0v) is 14.5. The number of carbonyl (C=O) groups is 3. The van der Waals surface area contributed by atoms with Crippen LogP contribution in [0.2, 0.25) is 0 Å². The minimum atomic E-state index is -1.01. The lowest BCUT2D eigenvalue weighted by Crippen LogP contribution is -2.50. The maximum Gasteiger partial charge on any atom is 0.328 e. The molecule has 0 saturated carbocycles. The normalized spacial score (nSPS) is 15.9. The Kier molecular flexibility index (Phi) is 4.84. The summed E-state index contributed by atoms with van der Waals surface area (Å²) < 4.78 is 1.26. The molecule has 0 bridgehead atoms. The molecule has 2 amide bonds. The van der Waals surface area contributed by atoms with E-state index < -0.39 is 12.0 Å². The Hall–Kier alpha value is -2.68. The predicted molar refractivity (Wildman–Crippen MR) is 90.7 cm³/mol. The van der Waals surface area contributed by atoms with Gasteiger partial charge >= 0.3 is 5.97 Å². The monoisotopic (exact) mass is 362 g/mol. The van der Waals surface area contributed by atoms with E-state index in [9.17, 15) is 14.4 Å². The van der Waals surface area contributed by atoms with Crippen molar-refractivity contribution in [2.75, 3.05) is 26.2 Å². The molecule has 1 saturated heterocycles. The lowest BCUT2D eigenvalue weighted by atomic mass is 10.2. The van der Waals surface area contributed by atoms with Gasteiger partial charge in [-0.2, -0.15) is 5.10 Å². The van der Waals surface area contributed by atoms with Gasteiger partial charge in [-0.25, -0.2) is 4.79 Å². The van der Waals surface area contributed by atoms with Crippen LogP contribution in [0.3, 0.4) is 0 Å². The van der Waals surface area contributed by atoms with Gasteiger partial charge in [0.25, 0.3) is 11.8 Å². The van der Waals surface area contributed by atoms with E-state index >= 15 is 0 Å². The lowest BCUT2D eigenvalue weighted by Gasteiger charge is -2.34. The van der Waals surface area contributed by atoms with Crippen LogP contribution in [-0.2, 0) is 4.79 Å². The number of rotatable bonds is 4. The van der Waals surface area contributed by atoms with Gasteiger partial charge in [-0.3, -0.25) is 14.3 Å². The topological polar surface area (TPSA) is 95.7 Å². The smallest absolute Gasteiger partial charge is 0.328 e. The van der Waals surface area contributed by atoms with Gasteiger partial charge in [0, 0.05) is 32.4 Å². The van der Waals surface area contributed by atoms with Gasteiger partial charge in [0.1, 0.15) is 6.04 Å². The van der Waals surface area contributed by atoms with Crippen molar-refractivity contribution in [1.82, 2.24) is 19.6 Å². The van der Waals surface area contributed by atoms with Crippen LogP contribution in [-0.4, -0.2) is 68.6 Å². The number of aromatic nitrogens is 2. The molecule has 1 aliphatic rings. The van der Waals surface area contributed by atoms with Crippen LogP contribution in [0, 0.1) is 0 Å². The van der Waals surface area contributed by atoms with Crippen LogP contribution >= 0.6 is 11.3 Å². The third-order valence-electron chi connectivity index (χ3n) is 4.19. The highest BCUT2D eigenvalue weighted by Gasteiger charge is 2.27. The number of hydrogen-bond donors (Lipinski definition) is 1. The number of nitrogens with zero attached hydrogens (tertiary/aromatic N) is 4. The molecule has 0 radical (unpaired) electrons. The summed E-state index contributed by atoms with van der Waals surface area (Å²) in [4.78, 5) is 39.9. The van der Waals surface area contributed by atoms with Crippen molar-refractivity contribution in [1.29, 1.82) is 0 Å². The van der Waals surface area contributed by atoms with E-state index in [1.165, 1.54) is 35.3 Å². The molecular formula is C16H18N4O4S. The highest BCUT2D eigenvalue weighted by atomic mass is 32.1. The Morgan fingerprint density at radius 2 is 1.80 bits per heavy atom. The van der Waals surface area contributed by atoms with E-state index in [0.717, 1.165) is 0 Å². The van der Waals surface area contributed by atoms with Crippen LogP contribution in [0.25, 0.3) is 0 Å². The highest BCUT2D eigenvalue weighted by Crippen LogP contribution is 2.15. The van der Waals surface area contributed by atoms with Crippen molar-refractivity contribution < 1.29 is 19.5 Å². The first kappa shape index (κ1) is 17.2. The number of carbonyl (C=O) groups excluding carboxylic acids is 2. The molecule has 3 rings (SSSR count). The van der Waals surface area contributed by atoms with Crippen LogP contribution < -0.4 is 0 Å². The molecule has 1 atom stereocenters. The van der Waals surface area contributed by atoms with Crippen molar-refractivity contribution in [3.63, 3.8) is 0 Å². The summed E-state index contributed by atoms with van der Waals surface area (Å²) in [5, 5.41) is 14.8. The Morgan fingerprint density at radius 3 is 2.36 bits per heavy atom. The molecule has 25 heavy (non-hydrogen) atoms. The predicted octanol–water partition coefficient (Wildman–Crippen LogP) is 1.19. The molecule has 1 fully saturated rings. The summed E-state index contributed by atoms with van der Waals surface area (Å²) in [5.41, 5.74) is 0.353. The fraction of sp³-hybridized carbons (Fsp3) is 0.375. The molecule has 1 aliphatic heterocycles.